The molecule has 1 fully saturated rings. The first-order valence-corrected chi connectivity index (χ1v) is 24.3. The van der Waals surface area contributed by atoms with Crippen LogP contribution in [0, 0.1) is 18.8 Å². The fourth-order valence-corrected chi connectivity index (χ4v) is 10.3. The molecule has 8 aromatic rings. The summed E-state index contributed by atoms with van der Waals surface area (Å²) in [4.78, 5) is 9.58. The average Bonchev–Trinajstić information content (AvgIpc) is 3.87. The van der Waals surface area contributed by atoms with Crippen molar-refractivity contribution in [2.45, 2.75) is 124 Å². The van der Waals surface area contributed by atoms with Gasteiger partial charge >= 0.3 is 0 Å². The van der Waals surface area contributed by atoms with Gasteiger partial charge in [-0.15, -0.1) is 53.6 Å². The first-order chi connectivity index (χ1) is 31.8. The largest absolute Gasteiger partial charge is 0.509 e. The molecule has 0 saturated heterocycles. The van der Waals surface area contributed by atoms with Crippen molar-refractivity contribution in [3.8, 4) is 28.4 Å². The van der Waals surface area contributed by atoms with Crippen LogP contribution in [0.3, 0.4) is 0 Å². The summed E-state index contributed by atoms with van der Waals surface area (Å²) in [7, 11) is 0. The third-order valence-electron chi connectivity index (χ3n) is 14.0. The molecule has 0 N–H and O–H groups in total. The first-order valence-electron chi connectivity index (χ1n) is 24.3. The van der Waals surface area contributed by atoms with E-state index in [0.717, 1.165) is 50.2 Å². The number of para-hydroxylation sites is 3. The van der Waals surface area contributed by atoms with Gasteiger partial charge in [-0.1, -0.05) is 142 Å². The SMILES string of the molecule is CC(C)c1cc(C(C)C)c(-c2cc(Oc3[c-]c4c(cc3)c3ccccc3n4-c3cc(C(C)(C)C)ccn3)[c-]c(N3[CH-]N(c4cccc(C5CCCCC5)c4)c4ccccc43)c2)c(C(C)C)c1.[Pt]. The Hall–Kier alpha value is -5.64. The van der Waals surface area contributed by atoms with Crippen LogP contribution >= 0.6 is 0 Å². The first kappa shape index (κ1) is 46.5. The molecule has 2 aliphatic rings. The zero-order valence-corrected chi connectivity index (χ0v) is 42.8. The fourth-order valence-electron chi connectivity index (χ4n) is 10.3. The van der Waals surface area contributed by atoms with Gasteiger partial charge in [-0.05, 0) is 123 Å². The van der Waals surface area contributed by atoms with Crippen LogP contribution in [-0.2, 0) is 26.5 Å². The van der Waals surface area contributed by atoms with Crippen molar-refractivity contribution in [2.24, 2.45) is 0 Å². The van der Waals surface area contributed by atoms with Gasteiger partial charge in [0.25, 0.3) is 0 Å². The predicted molar refractivity (Wildman–Crippen MR) is 276 cm³/mol. The quantitative estimate of drug-likeness (QED) is 0.128. The third kappa shape index (κ3) is 8.97. The summed E-state index contributed by atoms with van der Waals surface area (Å²) in [5.41, 5.74) is 15.4. The minimum Gasteiger partial charge on any atom is -0.509 e. The third-order valence-corrected chi connectivity index (χ3v) is 14.0. The van der Waals surface area contributed by atoms with Crippen LogP contribution in [0.4, 0.5) is 22.7 Å². The van der Waals surface area contributed by atoms with Crippen molar-refractivity contribution in [1.29, 1.82) is 0 Å². The van der Waals surface area contributed by atoms with Crippen LogP contribution in [0.25, 0.3) is 38.8 Å². The molecule has 0 amide bonds. The molecule has 2 aromatic heterocycles. The van der Waals surface area contributed by atoms with Gasteiger partial charge in [0.05, 0.1) is 0 Å². The van der Waals surface area contributed by atoms with Crippen molar-refractivity contribution in [1.82, 2.24) is 9.55 Å². The Morgan fingerprint density at radius 2 is 1.36 bits per heavy atom. The van der Waals surface area contributed by atoms with E-state index in [2.05, 4.69) is 211 Å². The number of nitrogens with zero attached hydrogens (tertiary/aromatic N) is 4. The molecule has 1 aliphatic carbocycles. The predicted octanol–water partition coefficient (Wildman–Crippen LogP) is 17.4. The van der Waals surface area contributed by atoms with Crippen LogP contribution in [0.5, 0.6) is 11.5 Å². The van der Waals surface area contributed by atoms with E-state index in [1.54, 1.807) is 0 Å². The van der Waals surface area contributed by atoms with E-state index in [-0.39, 0.29) is 26.5 Å². The van der Waals surface area contributed by atoms with Crippen molar-refractivity contribution in [3.05, 3.63) is 174 Å². The maximum absolute atomic E-state index is 7.06. The van der Waals surface area contributed by atoms with Crippen molar-refractivity contribution >= 4 is 44.6 Å². The van der Waals surface area contributed by atoms with Gasteiger partial charge in [0.1, 0.15) is 5.82 Å². The van der Waals surface area contributed by atoms with Gasteiger partial charge in [-0.2, -0.15) is 6.07 Å². The van der Waals surface area contributed by atoms with Crippen LogP contribution in [-0.4, -0.2) is 9.55 Å². The monoisotopic (exact) mass is 1060 g/mol. The Bertz CT molecular complexity index is 3050. The van der Waals surface area contributed by atoms with E-state index >= 15 is 0 Å². The summed E-state index contributed by atoms with van der Waals surface area (Å²) in [6, 6.07) is 52.0. The fraction of sp³-hybridized carbons (Fsp3) is 0.311. The molecule has 0 bridgehead atoms. The summed E-state index contributed by atoms with van der Waals surface area (Å²) < 4.78 is 9.29. The molecular formula is C61H63N4OPt-3. The Kier molecular flexibility index (Phi) is 13.0. The molecule has 1 saturated carbocycles. The van der Waals surface area contributed by atoms with E-state index in [1.807, 2.05) is 12.3 Å². The number of rotatable bonds is 10. The molecule has 6 heteroatoms. The van der Waals surface area contributed by atoms with Gasteiger partial charge < -0.3 is 19.1 Å². The second kappa shape index (κ2) is 18.8. The summed E-state index contributed by atoms with van der Waals surface area (Å²) in [5, 5.41) is 2.25. The van der Waals surface area contributed by atoms with E-state index in [0.29, 0.717) is 35.2 Å². The Labute approximate surface area is 413 Å². The summed E-state index contributed by atoms with van der Waals surface area (Å²) in [5.74, 6) is 3.76. The van der Waals surface area contributed by atoms with Gasteiger partial charge in [0, 0.05) is 61.3 Å². The normalized spacial score (nSPS) is 14.4. The number of aromatic nitrogens is 2. The number of pyridine rings is 1. The molecule has 10 rings (SSSR count). The minimum atomic E-state index is -0.0315. The number of hydrogen-bond acceptors (Lipinski definition) is 4. The van der Waals surface area contributed by atoms with E-state index in [9.17, 15) is 0 Å². The molecule has 1 aliphatic heterocycles. The zero-order valence-electron chi connectivity index (χ0n) is 40.6. The molecule has 0 radical (unpaired) electrons. The summed E-state index contributed by atoms with van der Waals surface area (Å²) >= 11 is 0. The van der Waals surface area contributed by atoms with Gasteiger partial charge in [0.2, 0.25) is 0 Å². The van der Waals surface area contributed by atoms with Crippen LogP contribution in [0.2, 0.25) is 0 Å². The molecule has 0 spiro atoms. The molecule has 3 heterocycles. The maximum Gasteiger partial charge on any atom is 0.135 e. The number of hydrogen-bond donors (Lipinski definition) is 0. The molecule has 5 nitrogen and oxygen atoms in total. The Balaban J connectivity index is 0.00000562. The number of anilines is 4. The molecule has 67 heavy (non-hydrogen) atoms. The average molecular weight is 1060 g/mol. The van der Waals surface area contributed by atoms with Crippen molar-refractivity contribution in [3.63, 3.8) is 0 Å². The van der Waals surface area contributed by atoms with E-state index in [1.165, 1.54) is 71.2 Å². The topological polar surface area (TPSA) is 33.5 Å². The second-order valence-corrected chi connectivity index (χ2v) is 20.6. The van der Waals surface area contributed by atoms with Gasteiger partial charge in [-0.3, -0.25) is 0 Å². The number of fused-ring (bicyclic) bond motifs is 4. The van der Waals surface area contributed by atoms with Gasteiger partial charge in [0.15, 0.2) is 0 Å². The zero-order chi connectivity index (χ0) is 45.9. The smallest absolute Gasteiger partial charge is 0.135 e. The van der Waals surface area contributed by atoms with Crippen LogP contribution in [0.15, 0.2) is 128 Å². The molecule has 0 atom stereocenters. The van der Waals surface area contributed by atoms with Crippen LogP contribution in [0.1, 0.15) is 146 Å². The second-order valence-electron chi connectivity index (χ2n) is 20.6. The molecular weight excluding hydrogens is 1000 g/mol. The molecule has 346 valence electrons. The Morgan fingerprint density at radius 3 is 2.06 bits per heavy atom. The van der Waals surface area contributed by atoms with Crippen molar-refractivity contribution in [2.75, 3.05) is 9.80 Å². The number of ether oxygens (including phenoxy) is 1. The Morgan fingerprint density at radius 1 is 0.657 bits per heavy atom. The maximum atomic E-state index is 7.06. The van der Waals surface area contributed by atoms with Gasteiger partial charge in [-0.25, -0.2) is 4.98 Å². The minimum absolute atomic E-state index is 0. The molecule has 6 aromatic carbocycles. The standard InChI is InChI=1S/C61H63N4O.Pt/c1-39(2)44-33-53(40(3)4)60(54(34-44)41(5)6)45-31-48(64-38-63(56-24-15-16-25-57(56)64)47-21-17-20-43(30-47)42-18-11-10-12-19-42)36-50(32-45)66-49-26-27-52-51-22-13-14-23-55(51)65(58(52)37-49)59-35-46(28-29-62-59)61(7,8)9;/h13-17,20-35,38-42H,10-12,18-19H2,1-9H3;/q-3;. The summed E-state index contributed by atoms with van der Waals surface area (Å²) in [6.07, 6.45) is 8.43. The molecule has 0 unspecified atom stereocenters. The van der Waals surface area contributed by atoms with Crippen LogP contribution < -0.4 is 14.5 Å². The number of benzene rings is 6. The van der Waals surface area contributed by atoms with E-state index < -0.39 is 0 Å². The summed E-state index contributed by atoms with van der Waals surface area (Å²) in [6.45, 7) is 22.8. The van der Waals surface area contributed by atoms with E-state index in [4.69, 9.17) is 9.72 Å². The van der Waals surface area contributed by atoms with Crippen molar-refractivity contribution < 1.29 is 25.8 Å².